The zero-order valence-corrected chi connectivity index (χ0v) is 16.2. The minimum atomic E-state index is -1.31. The van der Waals surface area contributed by atoms with E-state index in [1.54, 1.807) is 12.1 Å². The van der Waals surface area contributed by atoms with Crippen molar-refractivity contribution in [3.8, 4) is 0 Å². The standard InChI is InChI=1S/C21H24O6S/c1-27-21(26)14-7-5-12(6-8-14)9-13-3-2-4-15(10-13)20-19(25)18(24)17(23)16(11-22)28-20/h2-8,10,16-20,22-25H,9,11H2,1H3/t16-,17-,18+,19-,20+/m1/s1. The summed E-state index contributed by atoms with van der Waals surface area (Å²) in [4.78, 5) is 11.5. The molecule has 1 fully saturated rings. The molecule has 0 amide bonds. The van der Waals surface area contributed by atoms with E-state index in [0.717, 1.165) is 16.7 Å². The number of carbonyl (C=O) groups is 1. The fourth-order valence-corrected chi connectivity index (χ4v) is 4.78. The first-order chi connectivity index (χ1) is 13.4. The van der Waals surface area contributed by atoms with Crippen molar-refractivity contribution in [3.63, 3.8) is 0 Å². The van der Waals surface area contributed by atoms with Crippen LogP contribution in [0.5, 0.6) is 0 Å². The topological polar surface area (TPSA) is 107 Å². The minimum Gasteiger partial charge on any atom is -0.465 e. The molecule has 5 atom stereocenters. The van der Waals surface area contributed by atoms with Crippen LogP contribution in [-0.4, -0.2) is 63.7 Å². The van der Waals surface area contributed by atoms with Crippen molar-refractivity contribution < 1.29 is 30.0 Å². The molecule has 150 valence electrons. The number of rotatable bonds is 5. The molecule has 0 bridgehead atoms. The van der Waals surface area contributed by atoms with Gasteiger partial charge in [-0.1, -0.05) is 36.4 Å². The highest BCUT2D eigenvalue weighted by molar-refractivity contribution is 8.00. The van der Waals surface area contributed by atoms with E-state index in [1.165, 1.54) is 18.9 Å². The van der Waals surface area contributed by atoms with Gasteiger partial charge in [0.15, 0.2) is 0 Å². The second kappa shape index (κ2) is 9.07. The van der Waals surface area contributed by atoms with Gasteiger partial charge in [0, 0.05) is 0 Å². The highest BCUT2D eigenvalue weighted by atomic mass is 32.2. The molecule has 0 unspecified atom stereocenters. The number of hydrogen-bond acceptors (Lipinski definition) is 7. The fraction of sp³-hybridized carbons (Fsp3) is 0.381. The van der Waals surface area contributed by atoms with Gasteiger partial charge in [0.05, 0.1) is 42.0 Å². The Morgan fingerprint density at radius 3 is 2.36 bits per heavy atom. The SMILES string of the molecule is COC(=O)c1ccc(Cc2cccc([C@@H]3S[C@H](CO)[C@@H](O)[C@H](O)[C@H]3O)c2)cc1. The number of benzene rings is 2. The molecule has 1 saturated heterocycles. The molecule has 3 rings (SSSR count). The summed E-state index contributed by atoms with van der Waals surface area (Å²) in [7, 11) is 1.34. The molecule has 28 heavy (non-hydrogen) atoms. The van der Waals surface area contributed by atoms with E-state index in [0.29, 0.717) is 12.0 Å². The number of aliphatic hydroxyl groups excluding tert-OH is 4. The maximum absolute atomic E-state index is 11.5. The molecule has 4 N–H and O–H groups in total. The number of ether oxygens (including phenoxy) is 1. The zero-order valence-electron chi connectivity index (χ0n) is 15.4. The Kier molecular flexibility index (Phi) is 6.74. The molecule has 0 aliphatic carbocycles. The van der Waals surface area contributed by atoms with Gasteiger partial charge < -0.3 is 25.2 Å². The summed E-state index contributed by atoms with van der Waals surface area (Å²) in [5.74, 6) is -0.379. The molecule has 0 aromatic heterocycles. The van der Waals surface area contributed by atoms with Gasteiger partial charge in [-0.2, -0.15) is 0 Å². The first kappa shape index (κ1) is 20.8. The van der Waals surface area contributed by atoms with E-state index in [-0.39, 0.29) is 12.6 Å². The molecule has 2 aromatic rings. The Balaban J connectivity index is 1.77. The first-order valence-electron chi connectivity index (χ1n) is 9.01. The smallest absolute Gasteiger partial charge is 0.337 e. The van der Waals surface area contributed by atoms with Crippen molar-refractivity contribution in [2.24, 2.45) is 0 Å². The molecule has 0 saturated carbocycles. The van der Waals surface area contributed by atoms with Crippen LogP contribution in [0.15, 0.2) is 48.5 Å². The van der Waals surface area contributed by atoms with E-state index < -0.39 is 28.8 Å². The van der Waals surface area contributed by atoms with Crippen molar-refractivity contribution in [3.05, 3.63) is 70.8 Å². The first-order valence-corrected chi connectivity index (χ1v) is 9.95. The molecule has 7 heteroatoms. The second-order valence-corrected chi connectivity index (χ2v) is 8.25. The van der Waals surface area contributed by atoms with Crippen molar-refractivity contribution in [1.82, 2.24) is 0 Å². The van der Waals surface area contributed by atoms with Gasteiger partial charge in [-0.25, -0.2) is 4.79 Å². The number of thioether (sulfide) groups is 1. The van der Waals surface area contributed by atoms with Crippen molar-refractivity contribution in [2.45, 2.75) is 35.2 Å². The zero-order chi connectivity index (χ0) is 20.3. The van der Waals surface area contributed by atoms with Crippen molar-refractivity contribution in [1.29, 1.82) is 0 Å². The lowest BCUT2D eigenvalue weighted by atomic mass is 9.95. The summed E-state index contributed by atoms with van der Waals surface area (Å²) in [6, 6.07) is 14.8. The molecule has 0 radical (unpaired) electrons. The molecule has 6 nitrogen and oxygen atoms in total. The van der Waals surface area contributed by atoms with Crippen LogP contribution >= 0.6 is 11.8 Å². The van der Waals surface area contributed by atoms with E-state index >= 15 is 0 Å². The largest absolute Gasteiger partial charge is 0.465 e. The minimum absolute atomic E-state index is 0.279. The number of hydrogen-bond donors (Lipinski definition) is 4. The van der Waals surface area contributed by atoms with Crippen LogP contribution < -0.4 is 0 Å². The lowest BCUT2D eigenvalue weighted by Crippen LogP contribution is -2.51. The van der Waals surface area contributed by atoms with Gasteiger partial charge >= 0.3 is 5.97 Å². The summed E-state index contributed by atoms with van der Waals surface area (Å²) in [5, 5.41) is 38.9. The Morgan fingerprint density at radius 2 is 1.71 bits per heavy atom. The molecular formula is C21H24O6S. The predicted molar refractivity (Wildman–Crippen MR) is 106 cm³/mol. The summed E-state index contributed by atoms with van der Waals surface area (Å²) in [5.41, 5.74) is 3.34. The average molecular weight is 404 g/mol. The molecule has 0 spiro atoms. The van der Waals surface area contributed by atoms with E-state index in [1.807, 2.05) is 36.4 Å². The van der Waals surface area contributed by atoms with E-state index in [2.05, 4.69) is 0 Å². The Morgan fingerprint density at radius 1 is 1.00 bits per heavy atom. The summed E-state index contributed by atoms with van der Waals surface area (Å²) >= 11 is 1.27. The summed E-state index contributed by atoms with van der Waals surface area (Å²) in [6.07, 6.45) is -2.97. The van der Waals surface area contributed by atoms with Crippen molar-refractivity contribution >= 4 is 17.7 Å². The Hall–Kier alpha value is -1.90. The molecule has 1 aliphatic rings. The molecular weight excluding hydrogens is 380 g/mol. The van der Waals surface area contributed by atoms with Gasteiger partial charge in [0.25, 0.3) is 0 Å². The monoisotopic (exact) mass is 404 g/mol. The third kappa shape index (κ3) is 4.39. The van der Waals surface area contributed by atoms with Crippen LogP contribution in [-0.2, 0) is 11.2 Å². The Labute approximate surface area is 167 Å². The Bertz CT molecular complexity index is 807. The fourth-order valence-electron chi connectivity index (χ4n) is 3.37. The second-order valence-electron chi connectivity index (χ2n) is 6.86. The number of carbonyl (C=O) groups excluding carboxylic acids is 1. The lowest BCUT2D eigenvalue weighted by Gasteiger charge is -2.39. The predicted octanol–water partition coefficient (Wildman–Crippen LogP) is 1.30. The van der Waals surface area contributed by atoms with Crippen LogP contribution in [0.2, 0.25) is 0 Å². The quantitative estimate of drug-likeness (QED) is 0.557. The number of aliphatic hydroxyl groups is 4. The van der Waals surface area contributed by atoms with Crippen LogP contribution in [0.25, 0.3) is 0 Å². The highest BCUT2D eigenvalue weighted by Gasteiger charge is 2.43. The van der Waals surface area contributed by atoms with Gasteiger partial charge in [0.1, 0.15) is 6.10 Å². The van der Waals surface area contributed by atoms with Crippen LogP contribution in [0.3, 0.4) is 0 Å². The van der Waals surface area contributed by atoms with Gasteiger partial charge in [-0.15, -0.1) is 11.8 Å². The third-order valence-electron chi connectivity index (χ3n) is 4.96. The summed E-state index contributed by atoms with van der Waals surface area (Å²) in [6.45, 7) is -0.279. The number of methoxy groups -OCH3 is 1. The van der Waals surface area contributed by atoms with E-state index in [4.69, 9.17) is 4.74 Å². The van der Waals surface area contributed by atoms with Crippen LogP contribution in [0.1, 0.15) is 32.3 Å². The maximum atomic E-state index is 11.5. The third-order valence-corrected chi connectivity index (χ3v) is 6.58. The molecule has 1 aliphatic heterocycles. The van der Waals surface area contributed by atoms with Gasteiger partial charge in [-0.05, 0) is 35.2 Å². The number of esters is 1. The van der Waals surface area contributed by atoms with Gasteiger partial charge in [-0.3, -0.25) is 0 Å². The summed E-state index contributed by atoms with van der Waals surface area (Å²) < 4.78 is 4.70. The average Bonchev–Trinajstić information content (AvgIpc) is 2.72. The normalized spacial score (nSPS) is 27.4. The van der Waals surface area contributed by atoms with Crippen molar-refractivity contribution in [2.75, 3.05) is 13.7 Å². The maximum Gasteiger partial charge on any atom is 0.337 e. The highest BCUT2D eigenvalue weighted by Crippen LogP contribution is 2.43. The van der Waals surface area contributed by atoms with Crippen LogP contribution in [0.4, 0.5) is 0 Å². The van der Waals surface area contributed by atoms with Crippen LogP contribution in [0, 0.1) is 0 Å². The van der Waals surface area contributed by atoms with Gasteiger partial charge in [0.2, 0.25) is 0 Å². The van der Waals surface area contributed by atoms with E-state index in [9.17, 15) is 25.2 Å². The molecule has 2 aromatic carbocycles. The lowest BCUT2D eigenvalue weighted by molar-refractivity contribution is -0.0700. The molecule has 1 heterocycles.